The highest BCUT2D eigenvalue weighted by Gasteiger charge is 2.17. The highest BCUT2D eigenvalue weighted by Crippen LogP contribution is 2.18. The Labute approximate surface area is 142 Å². The van der Waals surface area contributed by atoms with Gasteiger partial charge in [0.05, 0.1) is 0 Å². The van der Waals surface area contributed by atoms with Crippen LogP contribution < -0.4 is 5.32 Å². The topological polar surface area (TPSA) is 55.4 Å². The number of aryl methyl sites for hydroxylation is 1. The van der Waals surface area contributed by atoms with Crippen molar-refractivity contribution in [2.45, 2.75) is 26.9 Å². The van der Waals surface area contributed by atoms with Gasteiger partial charge in [-0.2, -0.15) is 0 Å². The molecule has 24 heavy (non-hydrogen) atoms. The van der Waals surface area contributed by atoms with Crippen LogP contribution in [0.25, 0.3) is 6.08 Å². The van der Waals surface area contributed by atoms with E-state index in [9.17, 15) is 9.59 Å². The van der Waals surface area contributed by atoms with Gasteiger partial charge in [-0.25, -0.2) is 4.79 Å². The van der Waals surface area contributed by atoms with E-state index in [4.69, 9.17) is 4.74 Å². The Morgan fingerprint density at radius 2 is 1.75 bits per heavy atom. The van der Waals surface area contributed by atoms with E-state index in [1.165, 1.54) is 6.08 Å². The van der Waals surface area contributed by atoms with Crippen molar-refractivity contribution < 1.29 is 14.3 Å². The van der Waals surface area contributed by atoms with Crippen molar-refractivity contribution in [3.63, 3.8) is 0 Å². The predicted octanol–water partition coefficient (Wildman–Crippen LogP) is 3.89. The monoisotopic (exact) mass is 323 g/mol. The molecule has 0 aliphatic rings. The van der Waals surface area contributed by atoms with Crippen molar-refractivity contribution in [1.29, 1.82) is 0 Å². The Kier molecular flexibility index (Phi) is 5.90. The molecule has 1 N–H and O–H groups in total. The van der Waals surface area contributed by atoms with E-state index in [-0.39, 0.29) is 5.91 Å². The van der Waals surface area contributed by atoms with Gasteiger partial charge >= 0.3 is 5.97 Å². The lowest BCUT2D eigenvalue weighted by Gasteiger charge is -2.14. The lowest BCUT2D eigenvalue weighted by molar-refractivity contribution is -0.148. The van der Waals surface area contributed by atoms with Crippen LogP contribution in [-0.2, 0) is 14.3 Å². The molecule has 4 heteroatoms. The van der Waals surface area contributed by atoms with E-state index in [1.54, 1.807) is 13.0 Å². The Balaban J connectivity index is 1.92. The van der Waals surface area contributed by atoms with Crippen molar-refractivity contribution in [2.24, 2.45) is 0 Å². The minimum atomic E-state index is -0.877. The maximum atomic E-state index is 12.2. The summed E-state index contributed by atoms with van der Waals surface area (Å²) >= 11 is 0. The lowest BCUT2D eigenvalue weighted by Crippen LogP contribution is -2.29. The standard InChI is InChI=1S/C20H21NO3/c1-14-8-7-11-18(15(14)2)21-20(23)16(3)24-19(22)13-12-17-9-5-4-6-10-17/h4-13,16H,1-3H3,(H,21,23)/b13-12+. The molecular formula is C20H21NO3. The van der Waals surface area contributed by atoms with Crippen LogP contribution >= 0.6 is 0 Å². The van der Waals surface area contributed by atoms with Gasteiger partial charge in [0.15, 0.2) is 6.10 Å². The molecule has 0 spiro atoms. The maximum absolute atomic E-state index is 12.2. The Morgan fingerprint density at radius 3 is 2.46 bits per heavy atom. The number of amides is 1. The Hall–Kier alpha value is -2.88. The molecule has 2 aromatic rings. The normalized spacial score (nSPS) is 12.0. The van der Waals surface area contributed by atoms with E-state index in [0.29, 0.717) is 0 Å². The minimum Gasteiger partial charge on any atom is -0.449 e. The zero-order chi connectivity index (χ0) is 17.5. The van der Waals surface area contributed by atoms with Crippen molar-refractivity contribution >= 4 is 23.6 Å². The molecular weight excluding hydrogens is 302 g/mol. The maximum Gasteiger partial charge on any atom is 0.331 e. The zero-order valence-electron chi connectivity index (χ0n) is 14.1. The lowest BCUT2D eigenvalue weighted by atomic mass is 10.1. The largest absolute Gasteiger partial charge is 0.449 e. The molecule has 0 saturated carbocycles. The summed E-state index contributed by atoms with van der Waals surface area (Å²) in [6, 6.07) is 15.1. The van der Waals surface area contributed by atoms with Gasteiger partial charge in [-0.1, -0.05) is 42.5 Å². The first-order valence-electron chi connectivity index (χ1n) is 7.78. The number of nitrogens with one attached hydrogen (secondary N) is 1. The highest BCUT2D eigenvalue weighted by atomic mass is 16.5. The van der Waals surface area contributed by atoms with Gasteiger partial charge in [-0.15, -0.1) is 0 Å². The first-order valence-corrected chi connectivity index (χ1v) is 7.78. The average Bonchev–Trinajstić information content (AvgIpc) is 2.58. The molecule has 0 aliphatic carbocycles. The number of carbonyl (C=O) groups excluding carboxylic acids is 2. The summed E-state index contributed by atoms with van der Waals surface area (Å²) in [5.41, 5.74) is 3.70. The van der Waals surface area contributed by atoms with Crippen molar-refractivity contribution in [2.75, 3.05) is 5.32 Å². The second kappa shape index (κ2) is 8.11. The molecule has 2 rings (SSSR count). The summed E-state index contributed by atoms with van der Waals surface area (Å²) in [5, 5.41) is 2.79. The zero-order valence-corrected chi connectivity index (χ0v) is 14.1. The number of rotatable bonds is 5. The third-order valence-corrected chi connectivity index (χ3v) is 3.74. The van der Waals surface area contributed by atoms with Crippen LogP contribution in [0.3, 0.4) is 0 Å². The third-order valence-electron chi connectivity index (χ3n) is 3.74. The van der Waals surface area contributed by atoms with E-state index < -0.39 is 12.1 Å². The number of anilines is 1. The van der Waals surface area contributed by atoms with Crippen LogP contribution in [0, 0.1) is 13.8 Å². The van der Waals surface area contributed by atoms with Gasteiger partial charge in [0.1, 0.15) is 0 Å². The van der Waals surface area contributed by atoms with Crippen LogP contribution in [0.4, 0.5) is 5.69 Å². The molecule has 0 bridgehead atoms. The van der Waals surface area contributed by atoms with Gasteiger partial charge < -0.3 is 10.1 Å². The molecule has 1 atom stereocenters. The van der Waals surface area contributed by atoms with Gasteiger partial charge in [-0.05, 0) is 49.6 Å². The van der Waals surface area contributed by atoms with Crippen LogP contribution in [0.5, 0.6) is 0 Å². The Bertz CT molecular complexity index is 751. The highest BCUT2D eigenvalue weighted by molar-refractivity contribution is 5.97. The number of esters is 1. The summed E-state index contributed by atoms with van der Waals surface area (Å²) in [6.45, 7) is 5.46. The van der Waals surface area contributed by atoms with Crippen LogP contribution in [0.1, 0.15) is 23.6 Å². The molecule has 0 heterocycles. The molecule has 0 aliphatic heterocycles. The van der Waals surface area contributed by atoms with E-state index in [1.807, 2.05) is 62.4 Å². The molecule has 0 fully saturated rings. The molecule has 124 valence electrons. The summed E-state index contributed by atoms with van der Waals surface area (Å²) < 4.78 is 5.14. The molecule has 0 saturated heterocycles. The van der Waals surface area contributed by atoms with Crippen LogP contribution in [0.2, 0.25) is 0 Å². The molecule has 1 unspecified atom stereocenters. The van der Waals surface area contributed by atoms with Gasteiger partial charge in [-0.3, -0.25) is 4.79 Å². The fraction of sp³-hybridized carbons (Fsp3) is 0.200. The number of hydrogen-bond donors (Lipinski definition) is 1. The Morgan fingerprint density at radius 1 is 1.04 bits per heavy atom. The van der Waals surface area contributed by atoms with E-state index >= 15 is 0 Å². The fourth-order valence-corrected chi connectivity index (χ4v) is 2.12. The van der Waals surface area contributed by atoms with Crippen molar-refractivity contribution in [1.82, 2.24) is 0 Å². The first-order chi connectivity index (χ1) is 11.5. The summed E-state index contributed by atoms with van der Waals surface area (Å²) in [7, 11) is 0. The predicted molar refractivity (Wildman–Crippen MR) is 95.6 cm³/mol. The second-order valence-electron chi connectivity index (χ2n) is 5.56. The summed E-state index contributed by atoms with van der Waals surface area (Å²) in [4.78, 5) is 24.0. The van der Waals surface area contributed by atoms with Crippen molar-refractivity contribution in [3.05, 3.63) is 71.3 Å². The minimum absolute atomic E-state index is 0.356. The number of carbonyl (C=O) groups is 2. The molecule has 4 nitrogen and oxygen atoms in total. The number of ether oxygens (including phenoxy) is 1. The van der Waals surface area contributed by atoms with Crippen LogP contribution in [-0.4, -0.2) is 18.0 Å². The third kappa shape index (κ3) is 4.81. The number of benzene rings is 2. The van der Waals surface area contributed by atoms with Gasteiger partial charge in [0.25, 0.3) is 5.91 Å². The average molecular weight is 323 g/mol. The molecule has 0 radical (unpaired) electrons. The van der Waals surface area contributed by atoms with E-state index in [2.05, 4.69) is 5.32 Å². The first kappa shape index (κ1) is 17.5. The van der Waals surface area contributed by atoms with Gasteiger partial charge in [0.2, 0.25) is 0 Å². The SMILES string of the molecule is Cc1cccc(NC(=O)C(C)OC(=O)/C=C/c2ccccc2)c1C. The number of hydrogen-bond acceptors (Lipinski definition) is 3. The summed E-state index contributed by atoms with van der Waals surface area (Å²) in [5.74, 6) is -0.910. The van der Waals surface area contributed by atoms with Gasteiger partial charge in [0, 0.05) is 11.8 Å². The molecule has 1 amide bonds. The fourth-order valence-electron chi connectivity index (χ4n) is 2.12. The van der Waals surface area contributed by atoms with E-state index in [0.717, 1.165) is 22.4 Å². The summed E-state index contributed by atoms with van der Waals surface area (Å²) in [6.07, 6.45) is 2.09. The van der Waals surface area contributed by atoms with Crippen LogP contribution in [0.15, 0.2) is 54.6 Å². The quantitative estimate of drug-likeness (QED) is 0.671. The second-order valence-corrected chi connectivity index (χ2v) is 5.56. The molecule has 0 aromatic heterocycles. The van der Waals surface area contributed by atoms with Crippen molar-refractivity contribution in [3.8, 4) is 0 Å². The molecule has 2 aromatic carbocycles. The smallest absolute Gasteiger partial charge is 0.331 e.